The molecule has 0 aliphatic carbocycles. The van der Waals surface area contributed by atoms with Gasteiger partial charge in [-0.3, -0.25) is 4.79 Å². The summed E-state index contributed by atoms with van der Waals surface area (Å²) in [4.78, 5) is 28.2. The van der Waals surface area contributed by atoms with Crippen molar-refractivity contribution in [1.29, 1.82) is 0 Å². The van der Waals surface area contributed by atoms with Crippen LogP contribution in [0.25, 0.3) is 11.1 Å². The number of esters is 1. The molecule has 0 N–H and O–H groups in total. The third kappa shape index (κ3) is 3.64. The van der Waals surface area contributed by atoms with Gasteiger partial charge in [0.15, 0.2) is 6.04 Å². The fraction of sp³-hybridized carbons (Fsp3) is 0.154. The maximum atomic E-state index is 13.7. The number of carbonyl (C=O) groups excluding carboxylic acids is 2. The molecule has 4 heteroatoms. The smallest absolute Gasteiger partial charge is 0.333 e. The molecule has 3 aromatic rings. The first kappa shape index (κ1) is 19.6. The lowest BCUT2D eigenvalue weighted by molar-refractivity contribution is -0.148. The molecule has 3 aromatic carbocycles. The van der Waals surface area contributed by atoms with Gasteiger partial charge in [-0.15, -0.1) is 0 Å². The molecule has 0 spiro atoms. The summed E-state index contributed by atoms with van der Waals surface area (Å²) < 4.78 is 5.14. The molecule has 1 aliphatic heterocycles. The third-order valence-corrected chi connectivity index (χ3v) is 5.34. The number of nitrogens with zero attached hydrogens (tertiary/aromatic N) is 1. The van der Waals surface area contributed by atoms with Gasteiger partial charge in [0.2, 0.25) is 0 Å². The Morgan fingerprint density at radius 1 is 0.900 bits per heavy atom. The van der Waals surface area contributed by atoms with Gasteiger partial charge in [0.1, 0.15) is 0 Å². The van der Waals surface area contributed by atoms with E-state index in [4.69, 9.17) is 4.74 Å². The number of hydrogen-bond donors (Lipinski definition) is 0. The second kappa shape index (κ2) is 8.37. The Kier molecular flexibility index (Phi) is 5.48. The van der Waals surface area contributed by atoms with Crippen molar-refractivity contribution in [1.82, 2.24) is 4.90 Å². The Hall–Kier alpha value is -3.66. The highest BCUT2D eigenvalue weighted by Gasteiger charge is 2.44. The molecule has 0 saturated carbocycles. The molecule has 1 unspecified atom stereocenters. The zero-order valence-electron chi connectivity index (χ0n) is 17.0. The molecule has 1 atom stereocenters. The Morgan fingerprint density at radius 2 is 1.53 bits per heavy atom. The molecule has 0 fully saturated rings. The van der Waals surface area contributed by atoms with Crippen LogP contribution >= 0.6 is 0 Å². The van der Waals surface area contributed by atoms with E-state index in [1.807, 2.05) is 91.9 Å². The van der Waals surface area contributed by atoms with Gasteiger partial charge in [0.05, 0.1) is 12.7 Å². The zero-order valence-corrected chi connectivity index (χ0v) is 17.0. The van der Waals surface area contributed by atoms with E-state index in [-0.39, 0.29) is 5.91 Å². The van der Waals surface area contributed by atoms with Gasteiger partial charge in [0, 0.05) is 12.1 Å². The summed E-state index contributed by atoms with van der Waals surface area (Å²) in [6, 6.07) is 26.3. The van der Waals surface area contributed by atoms with E-state index in [0.29, 0.717) is 17.7 Å². The molecular weight excluding hydrogens is 374 g/mol. The second-order valence-corrected chi connectivity index (χ2v) is 7.37. The minimum Gasteiger partial charge on any atom is -0.467 e. The van der Waals surface area contributed by atoms with Crippen LogP contribution in [0.2, 0.25) is 0 Å². The van der Waals surface area contributed by atoms with Gasteiger partial charge in [-0.05, 0) is 23.6 Å². The first-order chi connectivity index (χ1) is 14.6. The lowest BCUT2D eigenvalue weighted by Crippen LogP contribution is -2.41. The molecule has 0 bridgehead atoms. The maximum Gasteiger partial charge on any atom is 0.333 e. The number of amides is 1. The SMILES string of the molecule is COC(=O)C1C(c2ccccc2)=C(c2ccccc2)C(=O)N1Cc1cccc(C)c1. The fourth-order valence-corrected chi connectivity index (χ4v) is 4.00. The van der Waals surface area contributed by atoms with Gasteiger partial charge in [-0.25, -0.2) is 4.79 Å². The molecule has 0 aromatic heterocycles. The van der Waals surface area contributed by atoms with Crippen LogP contribution in [0, 0.1) is 6.92 Å². The van der Waals surface area contributed by atoms with Crippen molar-refractivity contribution >= 4 is 23.0 Å². The third-order valence-electron chi connectivity index (χ3n) is 5.34. The monoisotopic (exact) mass is 397 g/mol. The fourth-order valence-electron chi connectivity index (χ4n) is 4.00. The molecule has 0 radical (unpaired) electrons. The predicted molar refractivity (Wildman–Crippen MR) is 117 cm³/mol. The van der Waals surface area contributed by atoms with Crippen molar-refractivity contribution in [2.24, 2.45) is 0 Å². The summed E-state index contributed by atoms with van der Waals surface area (Å²) in [5, 5.41) is 0. The Bertz CT molecular complexity index is 1100. The molecule has 150 valence electrons. The van der Waals surface area contributed by atoms with E-state index >= 15 is 0 Å². The zero-order chi connectivity index (χ0) is 21.1. The lowest BCUT2D eigenvalue weighted by Gasteiger charge is -2.25. The van der Waals surface area contributed by atoms with E-state index in [1.165, 1.54) is 7.11 Å². The van der Waals surface area contributed by atoms with Crippen LogP contribution in [-0.2, 0) is 20.9 Å². The van der Waals surface area contributed by atoms with E-state index in [0.717, 1.165) is 22.3 Å². The van der Waals surface area contributed by atoms with E-state index in [9.17, 15) is 9.59 Å². The summed E-state index contributed by atoms with van der Waals surface area (Å²) in [5.74, 6) is -0.613. The topological polar surface area (TPSA) is 46.6 Å². The summed E-state index contributed by atoms with van der Waals surface area (Å²) >= 11 is 0. The van der Waals surface area contributed by atoms with Crippen molar-refractivity contribution in [3.8, 4) is 0 Å². The summed E-state index contributed by atoms with van der Waals surface area (Å²) in [6.45, 7) is 2.34. The van der Waals surface area contributed by atoms with E-state index in [2.05, 4.69) is 0 Å². The Balaban J connectivity index is 1.88. The van der Waals surface area contributed by atoms with Gasteiger partial charge >= 0.3 is 5.97 Å². The van der Waals surface area contributed by atoms with Crippen molar-refractivity contribution in [3.63, 3.8) is 0 Å². The van der Waals surface area contributed by atoms with E-state index in [1.54, 1.807) is 4.90 Å². The summed E-state index contributed by atoms with van der Waals surface area (Å²) in [5.41, 5.74) is 4.94. The molecule has 30 heavy (non-hydrogen) atoms. The van der Waals surface area contributed by atoms with Crippen molar-refractivity contribution in [2.45, 2.75) is 19.5 Å². The highest BCUT2D eigenvalue weighted by molar-refractivity contribution is 6.33. The largest absolute Gasteiger partial charge is 0.467 e. The number of ether oxygens (including phenoxy) is 1. The number of methoxy groups -OCH3 is 1. The van der Waals surface area contributed by atoms with Crippen LogP contribution in [0.5, 0.6) is 0 Å². The molecule has 1 heterocycles. The molecular formula is C26H23NO3. The molecule has 1 aliphatic rings. The van der Waals surface area contributed by atoms with Crippen molar-refractivity contribution < 1.29 is 14.3 Å². The minimum absolute atomic E-state index is 0.169. The normalized spacial score (nSPS) is 16.1. The lowest BCUT2D eigenvalue weighted by atomic mass is 9.93. The average Bonchev–Trinajstić information content (AvgIpc) is 3.06. The van der Waals surface area contributed by atoms with Crippen LogP contribution < -0.4 is 0 Å². The maximum absolute atomic E-state index is 13.7. The first-order valence-corrected chi connectivity index (χ1v) is 9.89. The van der Waals surface area contributed by atoms with Crippen LogP contribution in [0.15, 0.2) is 84.9 Å². The van der Waals surface area contributed by atoms with Gasteiger partial charge in [-0.1, -0.05) is 90.5 Å². The van der Waals surface area contributed by atoms with Gasteiger partial charge < -0.3 is 9.64 Å². The molecule has 0 saturated heterocycles. The van der Waals surface area contributed by atoms with Crippen molar-refractivity contribution in [3.05, 3.63) is 107 Å². The predicted octanol–water partition coefficient (Wildman–Crippen LogP) is 4.49. The summed E-state index contributed by atoms with van der Waals surface area (Å²) in [7, 11) is 1.36. The summed E-state index contributed by atoms with van der Waals surface area (Å²) in [6.07, 6.45) is 0. The Morgan fingerprint density at radius 3 is 2.13 bits per heavy atom. The van der Waals surface area contributed by atoms with Crippen LogP contribution in [-0.4, -0.2) is 29.9 Å². The highest BCUT2D eigenvalue weighted by Crippen LogP contribution is 2.40. The van der Waals surface area contributed by atoms with Crippen LogP contribution in [0.3, 0.4) is 0 Å². The number of benzene rings is 3. The minimum atomic E-state index is -0.805. The number of hydrogen-bond acceptors (Lipinski definition) is 3. The van der Waals surface area contributed by atoms with E-state index < -0.39 is 12.0 Å². The quantitative estimate of drug-likeness (QED) is 0.596. The van der Waals surface area contributed by atoms with Gasteiger partial charge in [-0.2, -0.15) is 0 Å². The molecule has 1 amide bonds. The second-order valence-electron chi connectivity index (χ2n) is 7.37. The Labute approximate surface area is 176 Å². The van der Waals surface area contributed by atoms with Crippen LogP contribution in [0.1, 0.15) is 22.3 Å². The first-order valence-electron chi connectivity index (χ1n) is 9.89. The molecule has 4 nitrogen and oxygen atoms in total. The highest BCUT2D eigenvalue weighted by atomic mass is 16.5. The standard InChI is InChI=1S/C26H23NO3/c1-18-10-9-11-19(16-18)17-27-24(26(29)30-2)22(20-12-5-3-6-13-20)23(25(27)28)21-14-7-4-8-15-21/h3-16,24H,17H2,1-2H3. The number of rotatable bonds is 5. The average molecular weight is 397 g/mol. The number of carbonyl (C=O) groups is 2. The van der Waals surface area contributed by atoms with Gasteiger partial charge in [0.25, 0.3) is 5.91 Å². The molecule has 4 rings (SSSR count). The number of aryl methyl sites for hydroxylation is 1. The van der Waals surface area contributed by atoms with Crippen LogP contribution in [0.4, 0.5) is 0 Å². The van der Waals surface area contributed by atoms with Crippen molar-refractivity contribution in [2.75, 3.05) is 7.11 Å².